The second-order valence-corrected chi connectivity index (χ2v) is 6.24. The number of hydrogen-bond acceptors (Lipinski definition) is 2. The highest BCUT2D eigenvalue weighted by atomic mass is 35.5. The van der Waals surface area contributed by atoms with Crippen LogP contribution < -0.4 is 10.6 Å². The fraction of sp³-hybridized carbons (Fsp3) is 0.588. The van der Waals surface area contributed by atoms with Crippen LogP contribution in [0.5, 0.6) is 0 Å². The van der Waals surface area contributed by atoms with Crippen LogP contribution in [0.4, 0.5) is 0 Å². The van der Waals surface area contributed by atoms with Crippen LogP contribution in [0.3, 0.4) is 0 Å². The number of amides is 1. The lowest BCUT2D eigenvalue weighted by Crippen LogP contribution is -2.44. The van der Waals surface area contributed by atoms with Gasteiger partial charge in [0.25, 0.3) is 0 Å². The molecule has 1 aromatic carbocycles. The number of halogens is 2. The van der Waals surface area contributed by atoms with Crippen molar-refractivity contribution in [3.8, 4) is 0 Å². The third kappa shape index (κ3) is 4.61. The molecule has 1 aliphatic carbocycles. The van der Waals surface area contributed by atoms with E-state index in [1.54, 1.807) is 0 Å². The van der Waals surface area contributed by atoms with Crippen LogP contribution in [-0.4, -0.2) is 25.5 Å². The smallest absolute Gasteiger partial charge is 0.230 e. The van der Waals surface area contributed by atoms with Crippen LogP contribution in [0, 0.1) is 0 Å². The summed E-state index contributed by atoms with van der Waals surface area (Å²) in [5.74, 6) is 0.153. The van der Waals surface area contributed by atoms with Crippen LogP contribution in [0.1, 0.15) is 44.6 Å². The van der Waals surface area contributed by atoms with E-state index in [0.29, 0.717) is 11.6 Å². The second-order valence-electron chi connectivity index (χ2n) is 5.81. The van der Waals surface area contributed by atoms with E-state index < -0.39 is 0 Å². The van der Waals surface area contributed by atoms with Crippen LogP contribution in [0.15, 0.2) is 24.3 Å². The number of rotatable bonds is 7. The molecule has 1 aromatic rings. The predicted octanol–water partition coefficient (Wildman–Crippen LogP) is 3.69. The molecule has 0 unspecified atom stereocenters. The van der Waals surface area contributed by atoms with Gasteiger partial charge in [0.1, 0.15) is 0 Å². The molecule has 2 N–H and O–H groups in total. The Bertz CT molecular complexity index is 473. The van der Waals surface area contributed by atoms with E-state index in [1.807, 2.05) is 24.3 Å². The Balaban J connectivity index is 0.00000242. The Kier molecular flexibility index (Phi) is 8.23. The molecule has 0 aliphatic heterocycles. The van der Waals surface area contributed by atoms with Gasteiger partial charge in [-0.3, -0.25) is 4.79 Å². The predicted molar refractivity (Wildman–Crippen MR) is 95.0 cm³/mol. The van der Waals surface area contributed by atoms with Crippen LogP contribution in [0.25, 0.3) is 0 Å². The maximum atomic E-state index is 12.7. The number of benzene rings is 1. The summed E-state index contributed by atoms with van der Waals surface area (Å²) in [4.78, 5) is 12.7. The Morgan fingerprint density at radius 2 is 1.95 bits per heavy atom. The van der Waals surface area contributed by atoms with Crippen molar-refractivity contribution in [1.82, 2.24) is 10.6 Å². The molecule has 2 rings (SSSR count). The van der Waals surface area contributed by atoms with Gasteiger partial charge in [0.05, 0.1) is 5.41 Å². The maximum Gasteiger partial charge on any atom is 0.230 e. The highest BCUT2D eigenvalue weighted by Crippen LogP contribution is 2.41. The number of nitrogens with one attached hydrogen (secondary N) is 2. The van der Waals surface area contributed by atoms with Crippen molar-refractivity contribution in [2.24, 2.45) is 0 Å². The fourth-order valence-electron chi connectivity index (χ4n) is 3.15. The van der Waals surface area contributed by atoms with E-state index in [0.717, 1.165) is 50.8 Å². The lowest BCUT2D eigenvalue weighted by atomic mass is 9.78. The van der Waals surface area contributed by atoms with Crippen LogP contribution in [0.2, 0.25) is 5.02 Å². The van der Waals surface area contributed by atoms with Crippen LogP contribution in [-0.2, 0) is 10.2 Å². The molecule has 5 heteroatoms. The Morgan fingerprint density at radius 3 is 2.59 bits per heavy atom. The monoisotopic (exact) mass is 344 g/mol. The molecule has 0 aromatic heterocycles. The molecular formula is C17H26Cl2N2O. The van der Waals surface area contributed by atoms with Crippen molar-refractivity contribution >= 4 is 29.9 Å². The summed E-state index contributed by atoms with van der Waals surface area (Å²) in [6.45, 7) is 4.64. The Hall–Kier alpha value is -0.770. The molecule has 1 aliphatic rings. The van der Waals surface area contributed by atoms with E-state index in [9.17, 15) is 4.79 Å². The van der Waals surface area contributed by atoms with Gasteiger partial charge in [-0.05, 0) is 43.5 Å². The molecule has 0 radical (unpaired) electrons. The minimum absolute atomic E-state index is 0. The van der Waals surface area contributed by atoms with E-state index in [4.69, 9.17) is 11.6 Å². The molecule has 124 valence electrons. The summed E-state index contributed by atoms with van der Waals surface area (Å²) in [7, 11) is 0. The van der Waals surface area contributed by atoms with Gasteiger partial charge in [-0.25, -0.2) is 0 Å². The first-order chi connectivity index (χ1) is 10.2. The zero-order valence-electron chi connectivity index (χ0n) is 13.2. The molecule has 0 atom stereocenters. The molecule has 0 bridgehead atoms. The van der Waals surface area contributed by atoms with Gasteiger partial charge in [0.15, 0.2) is 0 Å². The molecule has 1 fully saturated rings. The van der Waals surface area contributed by atoms with E-state index in [1.165, 1.54) is 0 Å². The number of carbonyl (C=O) groups is 1. The molecule has 1 amide bonds. The summed E-state index contributed by atoms with van der Waals surface area (Å²) in [6.07, 6.45) is 5.16. The Labute approximate surface area is 144 Å². The third-order valence-electron chi connectivity index (χ3n) is 4.28. The maximum absolute atomic E-state index is 12.7. The molecule has 0 saturated heterocycles. The first-order valence-corrected chi connectivity index (χ1v) is 8.32. The molecule has 3 nitrogen and oxygen atoms in total. The summed E-state index contributed by atoms with van der Waals surface area (Å²) >= 11 is 6.11. The second kappa shape index (κ2) is 9.39. The highest BCUT2D eigenvalue weighted by Gasteiger charge is 2.42. The van der Waals surface area contributed by atoms with Gasteiger partial charge in [-0.2, -0.15) is 0 Å². The summed E-state index contributed by atoms with van der Waals surface area (Å²) in [6, 6.07) is 7.78. The average Bonchev–Trinajstić information content (AvgIpc) is 2.98. The summed E-state index contributed by atoms with van der Waals surface area (Å²) in [5, 5.41) is 7.11. The van der Waals surface area contributed by atoms with Crippen molar-refractivity contribution in [2.45, 2.75) is 44.4 Å². The quantitative estimate of drug-likeness (QED) is 0.740. The van der Waals surface area contributed by atoms with Crippen molar-refractivity contribution in [1.29, 1.82) is 0 Å². The minimum atomic E-state index is -0.379. The molecule has 1 saturated carbocycles. The molecule has 0 heterocycles. The van der Waals surface area contributed by atoms with Gasteiger partial charge in [0, 0.05) is 18.1 Å². The summed E-state index contributed by atoms with van der Waals surface area (Å²) < 4.78 is 0. The van der Waals surface area contributed by atoms with Crippen LogP contribution >= 0.6 is 24.0 Å². The molecular weight excluding hydrogens is 319 g/mol. The highest BCUT2D eigenvalue weighted by molar-refractivity contribution is 6.30. The normalized spacial score (nSPS) is 16.1. The fourth-order valence-corrected chi connectivity index (χ4v) is 3.34. The van der Waals surface area contributed by atoms with Gasteiger partial charge in [-0.15, -0.1) is 12.4 Å². The average molecular weight is 345 g/mol. The van der Waals surface area contributed by atoms with Crippen molar-refractivity contribution in [3.05, 3.63) is 34.9 Å². The van der Waals surface area contributed by atoms with Crippen molar-refractivity contribution in [3.63, 3.8) is 0 Å². The summed E-state index contributed by atoms with van der Waals surface area (Å²) in [5.41, 5.74) is 0.682. The van der Waals surface area contributed by atoms with Gasteiger partial charge >= 0.3 is 0 Å². The van der Waals surface area contributed by atoms with E-state index in [2.05, 4.69) is 17.6 Å². The topological polar surface area (TPSA) is 41.1 Å². The first-order valence-electron chi connectivity index (χ1n) is 7.94. The molecule has 22 heavy (non-hydrogen) atoms. The minimum Gasteiger partial charge on any atom is -0.354 e. The van der Waals surface area contributed by atoms with E-state index in [-0.39, 0.29) is 23.7 Å². The van der Waals surface area contributed by atoms with Gasteiger partial charge < -0.3 is 10.6 Å². The molecule has 0 spiro atoms. The van der Waals surface area contributed by atoms with Crippen molar-refractivity contribution < 1.29 is 4.79 Å². The zero-order chi connectivity index (χ0) is 15.1. The first kappa shape index (κ1) is 19.3. The number of hydrogen-bond donors (Lipinski definition) is 2. The zero-order valence-corrected chi connectivity index (χ0v) is 14.7. The third-order valence-corrected chi connectivity index (χ3v) is 4.52. The van der Waals surface area contributed by atoms with Gasteiger partial charge in [0.2, 0.25) is 5.91 Å². The lowest BCUT2D eigenvalue weighted by molar-refractivity contribution is -0.126. The standard InChI is InChI=1S/C17H25ClN2O.ClH/c1-2-10-19-11-12-20-16(21)17(8-3-4-9-17)14-6-5-7-15(18)13-14;/h5-7,13,19H,2-4,8-12H2,1H3,(H,20,21);1H. The SMILES string of the molecule is CCCNCCNC(=O)C1(c2cccc(Cl)c2)CCCC1.Cl. The van der Waals surface area contributed by atoms with E-state index >= 15 is 0 Å². The lowest BCUT2D eigenvalue weighted by Gasteiger charge is -2.28. The Morgan fingerprint density at radius 1 is 1.23 bits per heavy atom. The largest absolute Gasteiger partial charge is 0.354 e. The van der Waals surface area contributed by atoms with Gasteiger partial charge in [-0.1, -0.05) is 43.5 Å². The number of carbonyl (C=O) groups excluding carboxylic acids is 1. The van der Waals surface area contributed by atoms with Crippen molar-refractivity contribution in [2.75, 3.05) is 19.6 Å².